The summed E-state index contributed by atoms with van der Waals surface area (Å²) >= 11 is 3.73. The highest BCUT2D eigenvalue weighted by Gasteiger charge is 2.38. The van der Waals surface area contributed by atoms with Crippen LogP contribution in [0.2, 0.25) is 0 Å². The summed E-state index contributed by atoms with van der Waals surface area (Å²) in [4.78, 5) is 2.60. The molecule has 1 heterocycles. The van der Waals surface area contributed by atoms with Crippen molar-refractivity contribution in [1.29, 1.82) is 0 Å². The zero-order valence-corrected chi connectivity index (χ0v) is 11.8. The zero-order valence-electron chi connectivity index (χ0n) is 10.2. The maximum atomic E-state index is 3.73. The third-order valence-electron chi connectivity index (χ3n) is 4.11. The molecule has 1 aliphatic heterocycles. The Labute approximate surface area is 112 Å². The van der Waals surface area contributed by atoms with Gasteiger partial charge in [0.05, 0.1) is 5.69 Å². The summed E-state index contributed by atoms with van der Waals surface area (Å²) in [7, 11) is 1.99. The lowest BCUT2D eigenvalue weighted by molar-refractivity contribution is 0.553. The Bertz CT molecular complexity index is 419. The standard InChI is InChI=1S/C14H19BrN2/c1-16-8-10-3-5-14(13(15)7-10)17-9-11-2-4-12(17)6-11/h3,5,7,11-12,16H,2,4,6,8-9H2,1H3. The molecule has 2 bridgehead atoms. The molecule has 1 saturated heterocycles. The van der Waals surface area contributed by atoms with Gasteiger partial charge in [-0.15, -0.1) is 0 Å². The van der Waals surface area contributed by atoms with Crippen molar-refractivity contribution >= 4 is 21.6 Å². The van der Waals surface area contributed by atoms with E-state index >= 15 is 0 Å². The van der Waals surface area contributed by atoms with Crippen LogP contribution in [-0.4, -0.2) is 19.6 Å². The first-order valence-electron chi connectivity index (χ1n) is 6.47. The van der Waals surface area contributed by atoms with Crippen LogP contribution in [0.5, 0.6) is 0 Å². The maximum Gasteiger partial charge on any atom is 0.0513 e. The van der Waals surface area contributed by atoms with Crippen molar-refractivity contribution in [1.82, 2.24) is 5.32 Å². The highest BCUT2D eigenvalue weighted by Crippen LogP contribution is 2.42. The summed E-state index contributed by atoms with van der Waals surface area (Å²) in [6, 6.07) is 7.56. The van der Waals surface area contributed by atoms with E-state index in [4.69, 9.17) is 0 Å². The highest BCUT2D eigenvalue weighted by atomic mass is 79.9. The van der Waals surface area contributed by atoms with Gasteiger partial charge in [-0.25, -0.2) is 0 Å². The van der Waals surface area contributed by atoms with E-state index in [-0.39, 0.29) is 0 Å². The average molecular weight is 295 g/mol. The lowest BCUT2D eigenvalue weighted by atomic mass is 10.1. The van der Waals surface area contributed by atoms with Crippen LogP contribution in [0.3, 0.4) is 0 Å². The monoisotopic (exact) mass is 294 g/mol. The van der Waals surface area contributed by atoms with Crippen LogP contribution in [0.1, 0.15) is 24.8 Å². The minimum Gasteiger partial charge on any atom is -0.367 e. The normalized spacial score (nSPS) is 26.8. The van der Waals surface area contributed by atoms with Crippen LogP contribution in [0.15, 0.2) is 22.7 Å². The summed E-state index contributed by atoms with van der Waals surface area (Å²) in [6.45, 7) is 2.19. The van der Waals surface area contributed by atoms with Gasteiger partial charge in [0.25, 0.3) is 0 Å². The summed E-state index contributed by atoms with van der Waals surface area (Å²) in [6.07, 6.45) is 4.23. The number of fused-ring (bicyclic) bond motifs is 2. The van der Waals surface area contributed by atoms with Gasteiger partial charge in [-0.1, -0.05) is 6.07 Å². The van der Waals surface area contributed by atoms with E-state index in [1.807, 2.05) is 7.05 Å². The Hall–Kier alpha value is -0.540. The van der Waals surface area contributed by atoms with E-state index in [1.54, 1.807) is 0 Å². The second-order valence-corrected chi connectivity index (χ2v) is 6.16. The van der Waals surface area contributed by atoms with E-state index in [0.29, 0.717) is 0 Å². The van der Waals surface area contributed by atoms with Crippen molar-refractivity contribution in [3.63, 3.8) is 0 Å². The first-order valence-corrected chi connectivity index (χ1v) is 7.27. The Morgan fingerprint density at radius 2 is 2.29 bits per heavy atom. The lowest BCUT2D eigenvalue weighted by Gasteiger charge is -2.30. The molecule has 0 spiro atoms. The number of anilines is 1. The SMILES string of the molecule is CNCc1ccc(N2CC3CCC2C3)c(Br)c1. The summed E-state index contributed by atoms with van der Waals surface area (Å²) in [5, 5.41) is 3.19. The number of halogens is 1. The quantitative estimate of drug-likeness (QED) is 0.921. The minimum atomic E-state index is 0.798. The lowest BCUT2D eigenvalue weighted by Crippen LogP contribution is -2.32. The van der Waals surface area contributed by atoms with Crippen LogP contribution in [-0.2, 0) is 6.54 Å². The zero-order chi connectivity index (χ0) is 11.8. The fourth-order valence-electron chi connectivity index (χ4n) is 3.32. The van der Waals surface area contributed by atoms with Crippen molar-refractivity contribution in [2.75, 3.05) is 18.5 Å². The van der Waals surface area contributed by atoms with E-state index in [2.05, 4.69) is 44.3 Å². The summed E-state index contributed by atoms with van der Waals surface area (Å²) in [5.74, 6) is 0.948. The minimum absolute atomic E-state index is 0.798. The molecule has 2 fully saturated rings. The van der Waals surface area contributed by atoms with Gasteiger partial charge in [-0.05, 0) is 65.9 Å². The molecule has 1 aromatic carbocycles. The number of rotatable bonds is 3. The number of nitrogens with one attached hydrogen (secondary N) is 1. The number of benzene rings is 1. The van der Waals surface area contributed by atoms with Crippen LogP contribution >= 0.6 is 15.9 Å². The fraction of sp³-hybridized carbons (Fsp3) is 0.571. The molecule has 1 saturated carbocycles. The number of nitrogens with zero attached hydrogens (tertiary/aromatic N) is 1. The fourth-order valence-corrected chi connectivity index (χ4v) is 3.97. The maximum absolute atomic E-state index is 3.73. The average Bonchev–Trinajstić information content (AvgIpc) is 2.91. The van der Waals surface area contributed by atoms with Crippen molar-refractivity contribution in [2.45, 2.75) is 31.8 Å². The molecule has 92 valence electrons. The molecule has 0 aromatic heterocycles. The molecule has 0 radical (unpaired) electrons. The van der Waals surface area contributed by atoms with Crippen molar-refractivity contribution < 1.29 is 0 Å². The van der Waals surface area contributed by atoms with Gasteiger partial charge in [-0.3, -0.25) is 0 Å². The Balaban J connectivity index is 1.83. The molecular weight excluding hydrogens is 276 g/mol. The van der Waals surface area contributed by atoms with Crippen molar-refractivity contribution in [2.24, 2.45) is 5.92 Å². The van der Waals surface area contributed by atoms with Gasteiger partial charge < -0.3 is 10.2 Å². The Kier molecular flexibility index (Phi) is 3.14. The number of piperidine rings is 1. The van der Waals surface area contributed by atoms with E-state index in [9.17, 15) is 0 Å². The predicted octanol–water partition coefficient (Wildman–Crippen LogP) is 3.16. The van der Waals surface area contributed by atoms with E-state index in [1.165, 1.54) is 41.5 Å². The Morgan fingerprint density at radius 1 is 1.41 bits per heavy atom. The van der Waals surface area contributed by atoms with Crippen molar-refractivity contribution in [3.8, 4) is 0 Å². The van der Waals surface area contributed by atoms with E-state index < -0.39 is 0 Å². The van der Waals surface area contributed by atoms with Gasteiger partial charge in [0.1, 0.15) is 0 Å². The van der Waals surface area contributed by atoms with Crippen LogP contribution in [0.25, 0.3) is 0 Å². The molecule has 1 aliphatic carbocycles. The molecule has 2 nitrogen and oxygen atoms in total. The van der Waals surface area contributed by atoms with Crippen LogP contribution in [0, 0.1) is 5.92 Å². The molecule has 17 heavy (non-hydrogen) atoms. The second-order valence-electron chi connectivity index (χ2n) is 5.30. The highest BCUT2D eigenvalue weighted by molar-refractivity contribution is 9.10. The first-order chi connectivity index (χ1) is 8.28. The van der Waals surface area contributed by atoms with Gasteiger partial charge in [0.15, 0.2) is 0 Å². The number of hydrogen-bond acceptors (Lipinski definition) is 2. The van der Waals surface area contributed by atoms with Crippen molar-refractivity contribution in [3.05, 3.63) is 28.2 Å². The topological polar surface area (TPSA) is 15.3 Å². The number of hydrogen-bond donors (Lipinski definition) is 1. The molecule has 0 amide bonds. The molecular formula is C14H19BrN2. The van der Waals surface area contributed by atoms with Crippen LogP contribution in [0.4, 0.5) is 5.69 Å². The summed E-state index contributed by atoms with van der Waals surface area (Å²) in [5.41, 5.74) is 2.73. The summed E-state index contributed by atoms with van der Waals surface area (Å²) < 4.78 is 1.25. The van der Waals surface area contributed by atoms with Crippen LogP contribution < -0.4 is 10.2 Å². The van der Waals surface area contributed by atoms with Gasteiger partial charge in [-0.2, -0.15) is 0 Å². The molecule has 2 aliphatic rings. The molecule has 3 heteroatoms. The molecule has 2 atom stereocenters. The second kappa shape index (κ2) is 4.62. The van der Waals surface area contributed by atoms with E-state index in [0.717, 1.165) is 18.5 Å². The predicted molar refractivity (Wildman–Crippen MR) is 75.4 cm³/mol. The third-order valence-corrected chi connectivity index (χ3v) is 4.75. The van der Waals surface area contributed by atoms with Gasteiger partial charge in [0.2, 0.25) is 0 Å². The molecule has 3 rings (SSSR count). The molecule has 2 unspecified atom stereocenters. The first kappa shape index (κ1) is 11.5. The molecule has 1 aromatic rings. The third kappa shape index (κ3) is 2.11. The van der Waals surface area contributed by atoms with Gasteiger partial charge >= 0.3 is 0 Å². The largest absolute Gasteiger partial charge is 0.367 e. The smallest absolute Gasteiger partial charge is 0.0513 e. The molecule has 1 N–H and O–H groups in total. The van der Waals surface area contributed by atoms with Gasteiger partial charge in [0, 0.05) is 23.6 Å². The Morgan fingerprint density at radius 3 is 2.88 bits per heavy atom.